The lowest BCUT2D eigenvalue weighted by Gasteiger charge is -2.03. The second-order valence-corrected chi connectivity index (χ2v) is 7.28. The van der Waals surface area contributed by atoms with Gasteiger partial charge >= 0.3 is 0 Å². The van der Waals surface area contributed by atoms with Crippen LogP contribution in [0.1, 0.15) is 18.7 Å². The fraction of sp³-hybridized carbons (Fsp3) is 0.167. The molecule has 0 spiro atoms. The number of hydrogen-bond acceptors (Lipinski definition) is 4. The highest BCUT2D eigenvalue weighted by Crippen LogP contribution is 2.22. The molecule has 0 aliphatic rings. The van der Waals surface area contributed by atoms with Gasteiger partial charge in [-0.15, -0.1) is 11.3 Å². The van der Waals surface area contributed by atoms with Crippen LogP contribution in [0.5, 0.6) is 0 Å². The highest BCUT2D eigenvalue weighted by atomic mass is 32.1. The van der Waals surface area contributed by atoms with Crippen molar-refractivity contribution < 1.29 is 9.59 Å². The van der Waals surface area contributed by atoms with Gasteiger partial charge in [-0.05, 0) is 42.6 Å². The Balaban J connectivity index is 1.96. The number of fused-ring (bicyclic) bond motifs is 1. The summed E-state index contributed by atoms with van der Waals surface area (Å²) in [6, 6.07) is 9.58. The monoisotopic (exact) mass is 371 g/mol. The van der Waals surface area contributed by atoms with Crippen molar-refractivity contribution in [2.75, 3.05) is 5.32 Å². The van der Waals surface area contributed by atoms with Crippen LogP contribution in [-0.4, -0.2) is 16.4 Å². The van der Waals surface area contributed by atoms with E-state index in [4.69, 9.17) is 0 Å². The smallest absolute Gasteiger partial charge is 0.272 e. The first kappa shape index (κ1) is 17.3. The highest BCUT2D eigenvalue weighted by molar-refractivity contribution is 7.16. The van der Waals surface area contributed by atoms with Crippen molar-refractivity contribution in [3.63, 3.8) is 0 Å². The Labute approximate surface area is 153 Å². The number of nitrogens with one attached hydrogen (secondary N) is 1. The molecule has 2 aromatic heterocycles. The van der Waals surface area contributed by atoms with E-state index >= 15 is 0 Å². The Kier molecular flexibility index (Phi) is 5.25. The normalized spacial score (nSPS) is 12.2. The van der Waals surface area contributed by atoms with Gasteiger partial charge < -0.3 is 9.88 Å². The minimum Gasteiger partial charge on any atom is -0.326 e. The molecule has 128 valence electrons. The molecule has 5 nitrogen and oxygen atoms in total. The molecule has 1 N–H and O–H groups in total. The lowest BCUT2D eigenvalue weighted by atomic mass is 10.3. The summed E-state index contributed by atoms with van der Waals surface area (Å²) >= 11 is 3.01. The number of hydrogen-bond donors (Lipinski definition) is 1. The molecule has 0 atom stereocenters. The van der Waals surface area contributed by atoms with Gasteiger partial charge in [0.05, 0.1) is 10.2 Å². The maximum atomic E-state index is 12.2. The zero-order chi connectivity index (χ0) is 17.8. The third-order valence-electron chi connectivity index (χ3n) is 3.46. The molecule has 2 heterocycles. The summed E-state index contributed by atoms with van der Waals surface area (Å²) in [7, 11) is 0. The van der Waals surface area contributed by atoms with E-state index in [1.165, 1.54) is 24.3 Å². The fourth-order valence-corrected chi connectivity index (χ4v) is 4.17. The van der Waals surface area contributed by atoms with E-state index < -0.39 is 0 Å². The number of thiazole rings is 1. The van der Waals surface area contributed by atoms with Gasteiger partial charge in [-0.2, -0.15) is 4.99 Å². The fourth-order valence-electron chi connectivity index (χ4n) is 2.42. The van der Waals surface area contributed by atoms with Gasteiger partial charge in [0.15, 0.2) is 4.80 Å². The molecule has 7 heteroatoms. The van der Waals surface area contributed by atoms with E-state index in [-0.39, 0.29) is 11.8 Å². The third-order valence-corrected chi connectivity index (χ3v) is 5.34. The molecule has 25 heavy (non-hydrogen) atoms. The van der Waals surface area contributed by atoms with Crippen molar-refractivity contribution >= 4 is 56.5 Å². The van der Waals surface area contributed by atoms with Crippen molar-refractivity contribution in [3.05, 3.63) is 51.5 Å². The van der Waals surface area contributed by atoms with Crippen LogP contribution in [0.3, 0.4) is 0 Å². The number of aryl methyl sites for hydroxylation is 1. The molecule has 0 unspecified atom stereocenters. The van der Waals surface area contributed by atoms with Crippen molar-refractivity contribution in [1.82, 2.24) is 4.57 Å². The zero-order valence-electron chi connectivity index (χ0n) is 13.9. The molecule has 3 rings (SSSR count). The number of aromatic nitrogens is 1. The Morgan fingerprint density at radius 3 is 2.84 bits per heavy atom. The number of carbonyl (C=O) groups is 2. The lowest BCUT2D eigenvalue weighted by Crippen LogP contribution is -2.15. The van der Waals surface area contributed by atoms with Crippen molar-refractivity contribution in [1.29, 1.82) is 0 Å². The number of anilines is 1. The summed E-state index contributed by atoms with van der Waals surface area (Å²) in [5.74, 6) is -0.401. The van der Waals surface area contributed by atoms with E-state index in [1.54, 1.807) is 17.4 Å². The van der Waals surface area contributed by atoms with Crippen LogP contribution in [0, 0.1) is 0 Å². The second kappa shape index (κ2) is 7.58. The van der Waals surface area contributed by atoms with E-state index in [0.717, 1.165) is 20.8 Å². The molecule has 0 bridgehead atoms. The van der Waals surface area contributed by atoms with Crippen LogP contribution in [-0.2, 0) is 16.1 Å². The Bertz CT molecular complexity index is 1010. The molecule has 1 aromatic carbocycles. The van der Waals surface area contributed by atoms with Gasteiger partial charge in [0.2, 0.25) is 5.91 Å². The Hall–Kier alpha value is -2.51. The lowest BCUT2D eigenvalue weighted by molar-refractivity contribution is -0.114. The van der Waals surface area contributed by atoms with Crippen LogP contribution in [0.25, 0.3) is 16.3 Å². The Morgan fingerprint density at radius 1 is 1.32 bits per heavy atom. The SMILES string of the molecule is CCn1c(=NC(=O)/C=C/c2cccs2)sc2cc(NC(C)=O)ccc21. The first-order chi connectivity index (χ1) is 12.1. The summed E-state index contributed by atoms with van der Waals surface area (Å²) in [6.45, 7) is 4.20. The predicted molar refractivity (Wildman–Crippen MR) is 104 cm³/mol. The van der Waals surface area contributed by atoms with Gasteiger partial charge in [-0.1, -0.05) is 17.4 Å². The molecule has 0 saturated carbocycles. The first-order valence-corrected chi connectivity index (χ1v) is 9.47. The van der Waals surface area contributed by atoms with Crippen molar-refractivity contribution in [2.24, 2.45) is 4.99 Å². The summed E-state index contributed by atoms with van der Waals surface area (Å²) in [5.41, 5.74) is 1.73. The minimum atomic E-state index is -0.288. The predicted octanol–water partition coefficient (Wildman–Crippen LogP) is 3.88. The molecule has 3 aromatic rings. The first-order valence-electron chi connectivity index (χ1n) is 7.78. The van der Waals surface area contributed by atoms with E-state index in [1.807, 2.05) is 47.2 Å². The molecule has 2 amide bonds. The number of nitrogens with zero attached hydrogens (tertiary/aromatic N) is 2. The van der Waals surface area contributed by atoms with Crippen LogP contribution in [0.4, 0.5) is 5.69 Å². The topological polar surface area (TPSA) is 63.5 Å². The molecule has 0 aliphatic carbocycles. The third kappa shape index (κ3) is 4.12. The number of thiophene rings is 1. The van der Waals surface area contributed by atoms with E-state index in [0.29, 0.717) is 11.3 Å². The second-order valence-electron chi connectivity index (χ2n) is 5.29. The molecular weight excluding hydrogens is 354 g/mol. The van der Waals surface area contributed by atoms with Crippen LogP contribution in [0.2, 0.25) is 0 Å². The van der Waals surface area contributed by atoms with Gasteiger partial charge in [0, 0.05) is 30.1 Å². The average Bonchev–Trinajstić information content (AvgIpc) is 3.18. The van der Waals surface area contributed by atoms with Crippen LogP contribution in [0.15, 0.2) is 46.8 Å². The minimum absolute atomic E-state index is 0.113. The van der Waals surface area contributed by atoms with E-state index in [9.17, 15) is 9.59 Å². The quantitative estimate of drug-likeness (QED) is 0.707. The van der Waals surface area contributed by atoms with Gasteiger partial charge in [-0.25, -0.2) is 0 Å². The number of carbonyl (C=O) groups excluding carboxylic acids is 2. The van der Waals surface area contributed by atoms with E-state index in [2.05, 4.69) is 10.3 Å². The molecular formula is C18H17N3O2S2. The highest BCUT2D eigenvalue weighted by Gasteiger charge is 2.07. The average molecular weight is 371 g/mol. The molecule has 0 fully saturated rings. The molecule has 0 saturated heterocycles. The van der Waals surface area contributed by atoms with Crippen LogP contribution >= 0.6 is 22.7 Å². The number of amides is 2. The van der Waals surface area contributed by atoms with Gasteiger partial charge in [0.25, 0.3) is 5.91 Å². The number of benzene rings is 1. The largest absolute Gasteiger partial charge is 0.326 e. The maximum Gasteiger partial charge on any atom is 0.272 e. The summed E-state index contributed by atoms with van der Waals surface area (Å²) in [6.07, 6.45) is 3.26. The van der Waals surface area contributed by atoms with Crippen LogP contribution < -0.4 is 10.1 Å². The zero-order valence-corrected chi connectivity index (χ0v) is 15.5. The van der Waals surface area contributed by atoms with Crippen molar-refractivity contribution in [3.8, 4) is 0 Å². The van der Waals surface area contributed by atoms with Gasteiger partial charge in [0.1, 0.15) is 0 Å². The van der Waals surface area contributed by atoms with Gasteiger partial charge in [-0.3, -0.25) is 9.59 Å². The standard InChI is InChI=1S/C18H17N3O2S2/c1-3-21-15-8-6-13(19-12(2)22)11-16(15)25-18(21)20-17(23)9-7-14-5-4-10-24-14/h4-11H,3H2,1-2H3,(H,19,22)/b9-7+,20-18?. The Morgan fingerprint density at radius 2 is 2.16 bits per heavy atom. The number of rotatable bonds is 4. The summed E-state index contributed by atoms with van der Waals surface area (Å²) in [5, 5.41) is 4.73. The maximum absolute atomic E-state index is 12.2. The summed E-state index contributed by atoms with van der Waals surface area (Å²) < 4.78 is 2.97. The molecule has 0 aliphatic heterocycles. The molecule has 0 radical (unpaired) electrons. The van der Waals surface area contributed by atoms with Crippen molar-refractivity contribution in [2.45, 2.75) is 20.4 Å². The summed E-state index contributed by atoms with van der Waals surface area (Å²) in [4.78, 5) is 29.3.